The van der Waals surface area contributed by atoms with Crippen LogP contribution in [-0.4, -0.2) is 41.1 Å². The van der Waals surface area contributed by atoms with Crippen molar-refractivity contribution in [3.05, 3.63) is 69.7 Å². The maximum atomic E-state index is 12.4. The molecule has 0 saturated heterocycles. The summed E-state index contributed by atoms with van der Waals surface area (Å²) < 4.78 is 5.15. The van der Waals surface area contributed by atoms with Gasteiger partial charge in [-0.2, -0.15) is 0 Å². The highest BCUT2D eigenvalue weighted by Crippen LogP contribution is 2.24. The average Bonchev–Trinajstić information content (AvgIpc) is 2.90. The number of carbonyl (C=O) groups is 4. The molecule has 0 aliphatic carbocycles. The van der Waals surface area contributed by atoms with Gasteiger partial charge >= 0.3 is 5.97 Å². The minimum atomic E-state index is -0.987. The Balaban J connectivity index is 1.57. The van der Waals surface area contributed by atoms with Gasteiger partial charge in [0.2, 0.25) is 5.78 Å². The minimum Gasteiger partial charge on any atom is -0.454 e. The number of fused-ring (bicyclic) bond motifs is 1. The van der Waals surface area contributed by atoms with Gasteiger partial charge in [-0.1, -0.05) is 23.2 Å². The van der Waals surface area contributed by atoms with E-state index in [2.05, 4.69) is 0 Å². The second-order valence-corrected chi connectivity index (χ2v) is 7.00. The molecule has 1 unspecified atom stereocenters. The highest BCUT2D eigenvalue weighted by molar-refractivity contribution is 6.30. The lowest BCUT2D eigenvalue weighted by molar-refractivity contribution is -0.146. The van der Waals surface area contributed by atoms with E-state index in [1.807, 2.05) is 6.92 Å². The van der Waals surface area contributed by atoms with Crippen molar-refractivity contribution >= 4 is 35.2 Å². The highest BCUT2D eigenvalue weighted by atomic mass is 35.5. The minimum absolute atomic E-state index is 0.105. The third-order valence-electron chi connectivity index (χ3n) is 4.47. The van der Waals surface area contributed by atoms with Crippen LogP contribution in [0.5, 0.6) is 0 Å². The van der Waals surface area contributed by atoms with Crippen LogP contribution in [0.15, 0.2) is 42.5 Å². The van der Waals surface area contributed by atoms with Crippen LogP contribution in [0.3, 0.4) is 0 Å². The maximum absolute atomic E-state index is 12.4. The van der Waals surface area contributed by atoms with E-state index >= 15 is 0 Å². The third-order valence-corrected chi connectivity index (χ3v) is 4.72. The van der Waals surface area contributed by atoms with Crippen molar-refractivity contribution in [1.29, 1.82) is 0 Å². The van der Waals surface area contributed by atoms with E-state index in [9.17, 15) is 19.2 Å². The van der Waals surface area contributed by atoms with Crippen molar-refractivity contribution in [2.24, 2.45) is 0 Å². The number of Topliss-reactive ketones (excluding diaryl/α,β-unsaturated/α-hetero) is 1. The molecule has 2 aromatic carbocycles. The molecule has 28 heavy (non-hydrogen) atoms. The number of ketones is 1. The van der Waals surface area contributed by atoms with Crippen molar-refractivity contribution < 1.29 is 23.9 Å². The molecule has 1 heterocycles. The molecule has 7 heteroatoms. The first-order valence-corrected chi connectivity index (χ1v) is 9.12. The Morgan fingerprint density at radius 3 is 2.36 bits per heavy atom. The maximum Gasteiger partial charge on any atom is 0.308 e. The smallest absolute Gasteiger partial charge is 0.308 e. The van der Waals surface area contributed by atoms with E-state index in [0.717, 1.165) is 10.5 Å². The van der Waals surface area contributed by atoms with Gasteiger partial charge in [0.1, 0.15) is 0 Å². The quantitative estimate of drug-likeness (QED) is 0.422. The number of carbonyl (C=O) groups excluding carboxylic acids is 4. The van der Waals surface area contributed by atoms with Crippen LogP contribution in [0, 0.1) is 6.92 Å². The molecule has 2 amide bonds. The van der Waals surface area contributed by atoms with Crippen LogP contribution in [-0.2, 0) is 9.53 Å². The number of hydrogen-bond acceptors (Lipinski definition) is 5. The summed E-state index contributed by atoms with van der Waals surface area (Å²) in [5.41, 5.74) is 1.91. The lowest BCUT2D eigenvalue weighted by Crippen LogP contribution is -2.33. The van der Waals surface area contributed by atoms with Crippen LogP contribution in [0.1, 0.15) is 50.0 Å². The number of aryl methyl sites for hydroxylation is 1. The molecule has 1 atom stereocenters. The number of amides is 2. The topological polar surface area (TPSA) is 80.8 Å². The van der Waals surface area contributed by atoms with Gasteiger partial charge in [0.15, 0.2) is 6.10 Å². The number of halogens is 1. The Morgan fingerprint density at radius 1 is 1.04 bits per heavy atom. The standard InChI is InChI=1S/C21H18ClNO5/c1-12-3-8-16-17(11-12)21(27)23(20(16)26)10-9-18(24)28-13(2)19(25)14-4-6-15(22)7-5-14/h3-8,11,13H,9-10H2,1-2H3. The fourth-order valence-electron chi connectivity index (χ4n) is 2.97. The molecule has 2 aromatic rings. The van der Waals surface area contributed by atoms with E-state index < -0.39 is 23.9 Å². The van der Waals surface area contributed by atoms with Crippen LogP contribution in [0.2, 0.25) is 5.02 Å². The number of imide groups is 1. The molecule has 1 aliphatic heterocycles. The summed E-state index contributed by atoms with van der Waals surface area (Å²) in [7, 11) is 0. The van der Waals surface area contributed by atoms with Gasteiger partial charge in [0.05, 0.1) is 17.5 Å². The Bertz CT molecular complexity index is 967. The molecule has 144 valence electrons. The van der Waals surface area contributed by atoms with Gasteiger partial charge in [-0.15, -0.1) is 0 Å². The molecule has 0 N–H and O–H groups in total. The van der Waals surface area contributed by atoms with Crippen molar-refractivity contribution in [2.75, 3.05) is 6.54 Å². The molecule has 0 bridgehead atoms. The second kappa shape index (κ2) is 7.94. The number of esters is 1. The lowest BCUT2D eigenvalue weighted by atomic mass is 10.1. The van der Waals surface area contributed by atoms with Crippen LogP contribution < -0.4 is 0 Å². The van der Waals surface area contributed by atoms with Gasteiger partial charge in [-0.25, -0.2) is 0 Å². The zero-order valence-corrected chi connectivity index (χ0v) is 16.2. The van der Waals surface area contributed by atoms with Crippen molar-refractivity contribution in [3.8, 4) is 0 Å². The molecule has 0 aromatic heterocycles. The van der Waals surface area contributed by atoms with Gasteiger partial charge < -0.3 is 4.74 Å². The van der Waals surface area contributed by atoms with Gasteiger partial charge in [0.25, 0.3) is 11.8 Å². The number of ether oxygens (including phenoxy) is 1. The first-order chi connectivity index (χ1) is 13.3. The summed E-state index contributed by atoms with van der Waals surface area (Å²) in [4.78, 5) is 50.2. The molecular weight excluding hydrogens is 382 g/mol. The van der Waals surface area contributed by atoms with E-state index in [-0.39, 0.29) is 18.7 Å². The highest BCUT2D eigenvalue weighted by Gasteiger charge is 2.35. The summed E-state index contributed by atoms with van der Waals surface area (Å²) in [6, 6.07) is 11.3. The first-order valence-electron chi connectivity index (χ1n) is 8.74. The Hall–Kier alpha value is -2.99. The van der Waals surface area contributed by atoms with Crippen molar-refractivity contribution in [2.45, 2.75) is 26.4 Å². The van der Waals surface area contributed by atoms with Gasteiger partial charge in [-0.05, 0) is 50.2 Å². The summed E-state index contributed by atoms with van der Waals surface area (Å²) >= 11 is 5.79. The lowest BCUT2D eigenvalue weighted by Gasteiger charge is -2.15. The molecule has 0 fully saturated rings. The van der Waals surface area contributed by atoms with E-state index in [4.69, 9.17) is 16.3 Å². The predicted molar refractivity (Wildman–Crippen MR) is 102 cm³/mol. The second-order valence-electron chi connectivity index (χ2n) is 6.56. The Morgan fingerprint density at radius 2 is 1.68 bits per heavy atom. The van der Waals surface area contributed by atoms with E-state index in [1.165, 1.54) is 6.92 Å². The van der Waals surface area contributed by atoms with Crippen LogP contribution in [0.4, 0.5) is 0 Å². The summed E-state index contributed by atoms with van der Waals surface area (Å²) in [6.45, 7) is 3.20. The Labute approximate surface area is 167 Å². The predicted octanol–water partition coefficient (Wildman–Crippen LogP) is 3.45. The zero-order valence-electron chi connectivity index (χ0n) is 15.4. The summed E-state index contributed by atoms with van der Waals surface area (Å²) in [6.07, 6.45) is -1.18. The Kier molecular flexibility index (Phi) is 5.61. The largest absolute Gasteiger partial charge is 0.454 e. The SMILES string of the molecule is Cc1ccc2c(c1)C(=O)N(CCC(=O)OC(C)C(=O)c1ccc(Cl)cc1)C2=O. The monoisotopic (exact) mass is 399 g/mol. The molecule has 0 radical (unpaired) electrons. The molecular formula is C21H18ClNO5. The number of rotatable bonds is 6. The number of hydrogen-bond donors (Lipinski definition) is 0. The normalized spacial score (nSPS) is 14.0. The molecule has 1 aliphatic rings. The van der Waals surface area contributed by atoms with E-state index in [1.54, 1.807) is 42.5 Å². The molecule has 6 nitrogen and oxygen atoms in total. The average molecular weight is 400 g/mol. The van der Waals surface area contributed by atoms with Gasteiger partial charge in [-0.3, -0.25) is 24.1 Å². The molecule has 0 spiro atoms. The molecule has 0 saturated carbocycles. The van der Waals surface area contributed by atoms with Gasteiger partial charge in [0, 0.05) is 17.1 Å². The van der Waals surface area contributed by atoms with Crippen molar-refractivity contribution in [3.63, 3.8) is 0 Å². The first kappa shape index (κ1) is 19.8. The number of benzene rings is 2. The van der Waals surface area contributed by atoms with Crippen LogP contribution >= 0.6 is 11.6 Å². The van der Waals surface area contributed by atoms with Crippen molar-refractivity contribution in [1.82, 2.24) is 4.90 Å². The zero-order chi connectivity index (χ0) is 20.4. The van der Waals surface area contributed by atoms with E-state index in [0.29, 0.717) is 21.7 Å². The summed E-state index contributed by atoms with van der Waals surface area (Å²) in [5.74, 6) is -1.89. The fourth-order valence-corrected chi connectivity index (χ4v) is 3.10. The number of nitrogens with zero attached hydrogens (tertiary/aromatic N) is 1. The van der Waals surface area contributed by atoms with Crippen LogP contribution in [0.25, 0.3) is 0 Å². The molecule has 3 rings (SSSR count). The third kappa shape index (κ3) is 3.97. The summed E-state index contributed by atoms with van der Waals surface area (Å²) in [5, 5.41) is 0.498. The fraction of sp³-hybridized carbons (Fsp3) is 0.238.